The van der Waals surface area contributed by atoms with Crippen LogP contribution in [0.5, 0.6) is 5.75 Å². The topological polar surface area (TPSA) is 64.6 Å². The van der Waals surface area contributed by atoms with Crippen LogP contribution in [0.4, 0.5) is 0 Å². The third kappa shape index (κ3) is 4.74. The predicted molar refractivity (Wildman–Crippen MR) is 75.9 cm³/mol. The zero-order chi connectivity index (χ0) is 15.1. The van der Waals surface area contributed by atoms with Crippen molar-refractivity contribution in [2.45, 2.75) is 13.3 Å². The van der Waals surface area contributed by atoms with Gasteiger partial charge in [-0.05, 0) is 17.7 Å². The van der Waals surface area contributed by atoms with E-state index < -0.39 is 0 Å². The minimum atomic E-state index is -0.379. The second kappa shape index (κ2) is 7.75. The molecule has 0 spiro atoms. The Morgan fingerprint density at radius 2 is 2.05 bits per heavy atom. The lowest BCUT2D eigenvalue weighted by Crippen LogP contribution is -2.33. The third-order valence-corrected chi connectivity index (χ3v) is 3.17. The average Bonchev–Trinajstić information content (AvgIpc) is 2.45. The Hall–Kier alpha value is -1.75. The largest absolute Gasteiger partial charge is 0.497 e. The molecule has 0 saturated heterocycles. The Kier molecular flexibility index (Phi) is 6.31. The molecule has 1 unspecified atom stereocenters. The van der Waals surface area contributed by atoms with Crippen LogP contribution in [0.1, 0.15) is 12.5 Å². The molecule has 6 heteroatoms. The normalized spacial score (nSPS) is 11.6. The maximum atomic E-state index is 11.8. The summed E-state index contributed by atoms with van der Waals surface area (Å²) in [4.78, 5) is 23.0. The molecule has 1 atom stereocenters. The maximum absolute atomic E-state index is 11.8. The second-order valence-corrected chi connectivity index (χ2v) is 4.77. The van der Waals surface area contributed by atoms with Gasteiger partial charge in [0.15, 0.2) is 0 Å². The molecule has 0 aliphatic rings. The van der Waals surface area contributed by atoms with E-state index in [1.165, 1.54) is 7.11 Å². The minimum absolute atomic E-state index is 0.150. The summed E-state index contributed by atoms with van der Waals surface area (Å²) in [6.45, 7) is 1.92. The van der Waals surface area contributed by atoms with Crippen LogP contribution in [0, 0.1) is 5.92 Å². The van der Waals surface area contributed by atoms with Gasteiger partial charge in [-0.15, -0.1) is 0 Å². The van der Waals surface area contributed by atoms with Gasteiger partial charge in [-0.3, -0.25) is 9.59 Å². The number of hydrogen-bond donors (Lipinski definition) is 1. The molecule has 0 fully saturated rings. The van der Waals surface area contributed by atoms with Crippen molar-refractivity contribution in [1.29, 1.82) is 0 Å². The molecule has 1 N–H and O–H groups in total. The van der Waals surface area contributed by atoms with Gasteiger partial charge in [-0.1, -0.05) is 24.6 Å². The summed E-state index contributed by atoms with van der Waals surface area (Å²) >= 11 is 6.05. The molecule has 1 rings (SSSR count). The highest BCUT2D eigenvalue weighted by Crippen LogP contribution is 2.22. The van der Waals surface area contributed by atoms with Crippen LogP contribution in [0.15, 0.2) is 18.2 Å². The van der Waals surface area contributed by atoms with Gasteiger partial charge in [-0.2, -0.15) is 0 Å². The van der Waals surface area contributed by atoms with Crippen LogP contribution in [0.25, 0.3) is 0 Å². The highest BCUT2D eigenvalue weighted by Gasteiger charge is 2.15. The van der Waals surface area contributed by atoms with E-state index in [0.717, 1.165) is 0 Å². The second-order valence-electron chi connectivity index (χ2n) is 4.36. The van der Waals surface area contributed by atoms with E-state index in [0.29, 0.717) is 16.3 Å². The highest BCUT2D eigenvalue weighted by molar-refractivity contribution is 6.31. The van der Waals surface area contributed by atoms with Gasteiger partial charge in [0, 0.05) is 11.6 Å². The summed E-state index contributed by atoms with van der Waals surface area (Å²) < 4.78 is 9.62. The standard InChI is InChI=1S/C14H18ClNO4/c1-9(14(18)20-3)8-16-13(17)6-10-4-5-11(19-2)7-12(10)15/h4-5,7,9H,6,8H2,1-3H3,(H,16,17). The van der Waals surface area contributed by atoms with Crippen LogP contribution in [-0.4, -0.2) is 32.6 Å². The molecular weight excluding hydrogens is 282 g/mol. The Labute approximate surface area is 123 Å². The Bertz CT molecular complexity index is 490. The molecule has 1 aromatic rings. The molecule has 20 heavy (non-hydrogen) atoms. The van der Waals surface area contributed by atoms with Gasteiger partial charge in [-0.25, -0.2) is 0 Å². The van der Waals surface area contributed by atoms with Crippen molar-refractivity contribution < 1.29 is 19.1 Å². The minimum Gasteiger partial charge on any atom is -0.497 e. The van der Waals surface area contributed by atoms with Crippen LogP contribution >= 0.6 is 11.6 Å². The van der Waals surface area contributed by atoms with Gasteiger partial charge in [0.25, 0.3) is 0 Å². The first-order valence-corrected chi connectivity index (χ1v) is 6.52. The van der Waals surface area contributed by atoms with Crippen molar-refractivity contribution in [2.24, 2.45) is 5.92 Å². The molecule has 5 nitrogen and oxygen atoms in total. The molecule has 0 saturated carbocycles. The zero-order valence-corrected chi connectivity index (χ0v) is 12.5. The number of carbonyl (C=O) groups excluding carboxylic acids is 2. The quantitative estimate of drug-likeness (QED) is 0.814. The van der Waals surface area contributed by atoms with Gasteiger partial charge >= 0.3 is 5.97 Å². The van der Waals surface area contributed by atoms with E-state index in [2.05, 4.69) is 10.1 Å². The lowest BCUT2D eigenvalue weighted by atomic mass is 10.1. The number of halogens is 1. The Morgan fingerprint density at radius 3 is 2.60 bits per heavy atom. The van der Waals surface area contributed by atoms with Crippen LogP contribution in [-0.2, 0) is 20.7 Å². The molecule has 110 valence electrons. The van der Waals surface area contributed by atoms with Gasteiger partial charge in [0.2, 0.25) is 5.91 Å². The van der Waals surface area contributed by atoms with E-state index in [-0.39, 0.29) is 30.8 Å². The third-order valence-electron chi connectivity index (χ3n) is 2.82. The summed E-state index contributed by atoms with van der Waals surface area (Å²) in [6, 6.07) is 5.14. The molecule has 0 radical (unpaired) electrons. The van der Waals surface area contributed by atoms with E-state index in [1.807, 2.05) is 0 Å². The van der Waals surface area contributed by atoms with Crippen LogP contribution in [0.2, 0.25) is 5.02 Å². The first-order valence-electron chi connectivity index (χ1n) is 6.14. The molecule has 0 aromatic heterocycles. The number of nitrogens with one attached hydrogen (secondary N) is 1. The number of carbonyl (C=O) groups is 2. The maximum Gasteiger partial charge on any atom is 0.310 e. The highest BCUT2D eigenvalue weighted by atomic mass is 35.5. The molecule has 0 heterocycles. The van der Waals surface area contributed by atoms with Crippen molar-refractivity contribution in [2.75, 3.05) is 20.8 Å². The Morgan fingerprint density at radius 1 is 1.35 bits per heavy atom. The summed E-state index contributed by atoms with van der Waals surface area (Å²) in [5.41, 5.74) is 0.704. The fourth-order valence-corrected chi connectivity index (χ4v) is 1.82. The van der Waals surface area contributed by atoms with Gasteiger partial charge in [0.1, 0.15) is 5.75 Å². The molecule has 1 aromatic carbocycles. The van der Waals surface area contributed by atoms with Gasteiger partial charge < -0.3 is 14.8 Å². The van der Waals surface area contributed by atoms with E-state index in [9.17, 15) is 9.59 Å². The molecule has 0 aliphatic carbocycles. The molecule has 1 amide bonds. The molecule has 0 aliphatic heterocycles. The fraction of sp³-hybridized carbons (Fsp3) is 0.429. The summed E-state index contributed by atoms with van der Waals surface area (Å²) in [6.07, 6.45) is 0.150. The number of rotatable bonds is 6. The number of hydrogen-bond acceptors (Lipinski definition) is 4. The average molecular weight is 300 g/mol. The number of esters is 1. The van der Waals surface area contributed by atoms with E-state index >= 15 is 0 Å². The number of amides is 1. The predicted octanol–water partition coefficient (Wildman–Crippen LogP) is 1.82. The number of benzene rings is 1. The zero-order valence-electron chi connectivity index (χ0n) is 11.7. The van der Waals surface area contributed by atoms with Crippen molar-refractivity contribution in [3.63, 3.8) is 0 Å². The molecule has 0 bridgehead atoms. The van der Waals surface area contributed by atoms with Gasteiger partial charge in [0.05, 0.1) is 26.6 Å². The van der Waals surface area contributed by atoms with Crippen molar-refractivity contribution >= 4 is 23.5 Å². The Balaban J connectivity index is 2.52. The number of methoxy groups -OCH3 is 2. The summed E-state index contributed by atoms with van der Waals surface area (Å²) in [7, 11) is 2.87. The van der Waals surface area contributed by atoms with Crippen molar-refractivity contribution in [3.8, 4) is 5.75 Å². The summed E-state index contributed by atoms with van der Waals surface area (Å²) in [5, 5.41) is 3.14. The fourth-order valence-electron chi connectivity index (χ4n) is 1.59. The lowest BCUT2D eigenvalue weighted by Gasteiger charge is -2.11. The molecular formula is C14H18ClNO4. The monoisotopic (exact) mass is 299 g/mol. The van der Waals surface area contributed by atoms with Crippen molar-refractivity contribution in [1.82, 2.24) is 5.32 Å². The summed E-state index contributed by atoms with van der Waals surface area (Å²) in [5.74, 6) is -0.297. The number of ether oxygens (including phenoxy) is 2. The lowest BCUT2D eigenvalue weighted by molar-refractivity contribution is -0.144. The van der Waals surface area contributed by atoms with E-state index in [4.69, 9.17) is 16.3 Å². The van der Waals surface area contributed by atoms with Crippen LogP contribution < -0.4 is 10.1 Å². The van der Waals surface area contributed by atoms with Crippen molar-refractivity contribution in [3.05, 3.63) is 28.8 Å². The first-order chi connectivity index (χ1) is 9.47. The SMILES string of the molecule is COC(=O)C(C)CNC(=O)Cc1ccc(OC)cc1Cl. The first kappa shape index (κ1) is 16.3. The smallest absolute Gasteiger partial charge is 0.310 e. The van der Waals surface area contributed by atoms with Crippen LogP contribution in [0.3, 0.4) is 0 Å². The van der Waals surface area contributed by atoms with E-state index in [1.54, 1.807) is 32.2 Å².